The first-order chi connectivity index (χ1) is 16.2. The Balaban J connectivity index is 1.66. The van der Waals surface area contributed by atoms with E-state index in [2.05, 4.69) is 74.3 Å². The number of rotatable bonds is 2. The summed E-state index contributed by atoms with van der Waals surface area (Å²) in [6.07, 6.45) is 7.11. The molecule has 2 aromatic heterocycles. The maximum atomic E-state index is 10.4. The lowest BCUT2D eigenvalue weighted by Crippen LogP contribution is -2.30. The third kappa shape index (κ3) is 3.50. The Labute approximate surface area is 202 Å². The van der Waals surface area contributed by atoms with Crippen LogP contribution in [0.2, 0.25) is 0 Å². The van der Waals surface area contributed by atoms with E-state index in [1.807, 2.05) is 6.07 Å². The first kappa shape index (κ1) is 20.4. The van der Waals surface area contributed by atoms with Gasteiger partial charge in [-0.3, -0.25) is 0 Å². The highest BCUT2D eigenvalue weighted by molar-refractivity contribution is 9.10. The summed E-state index contributed by atoms with van der Waals surface area (Å²) in [6, 6.07) is 19.6. The predicted octanol–water partition coefficient (Wildman–Crippen LogP) is 6.69. The molecule has 4 nitrogen and oxygen atoms in total. The largest absolute Gasteiger partial charge is 0.370 e. The van der Waals surface area contributed by atoms with Crippen molar-refractivity contribution in [3.05, 3.63) is 76.0 Å². The number of halogens is 1. The van der Waals surface area contributed by atoms with E-state index in [1.165, 1.54) is 36.0 Å². The molecule has 0 unspecified atom stereocenters. The monoisotopic (exact) mass is 494 g/mol. The highest BCUT2D eigenvalue weighted by atomic mass is 79.9. The number of nitriles is 1. The van der Waals surface area contributed by atoms with Crippen molar-refractivity contribution in [1.82, 2.24) is 9.97 Å². The molecule has 0 radical (unpaired) electrons. The molecule has 0 spiro atoms. The van der Waals surface area contributed by atoms with Gasteiger partial charge in [0, 0.05) is 40.3 Å². The van der Waals surface area contributed by atoms with Crippen LogP contribution in [-0.4, -0.2) is 23.1 Å². The molecule has 1 aliphatic carbocycles. The molecule has 0 atom stereocenters. The number of hydrogen-bond acceptors (Lipinski definition) is 4. The standard InChI is InChI=1S/C28H23BrN4/c29-20-8-6-18(7-9-20)22-16-26(33-13-2-1-3-14-33)24(17-30)27-21(22)10-11-25-23(27)15-19-5-4-12-31-28(19)32-25/h4-9,12,15-16H,1-3,10-11,13-14H2. The van der Waals surface area contributed by atoms with Crippen molar-refractivity contribution >= 4 is 32.7 Å². The van der Waals surface area contributed by atoms with Gasteiger partial charge in [0.1, 0.15) is 6.07 Å². The number of piperidine rings is 1. The zero-order valence-electron chi connectivity index (χ0n) is 18.3. The van der Waals surface area contributed by atoms with Crippen molar-refractivity contribution in [2.45, 2.75) is 32.1 Å². The number of aryl methyl sites for hydroxylation is 1. The number of aromatic nitrogens is 2. The van der Waals surface area contributed by atoms with Gasteiger partial charge in [-0.05, 0) is 85.2 Å². The van der Waals surface area contributed by atoms with Crippen molar-refractivity contribution in [3.63, 3.8) is 0 Å². The summed E-state index contributed by atoms with van der Waals surface area (Å²) in [5, 5.41) is 11.4. The van der Waals surface area contributed by atoms with Gasteiger partial charge in [0.2, 0.25) is 0 Å². The van der Waals surface area contributed by atoms with Crippen LogP contribution in [0.15, 0.2) is 59.2 Å². The van der Waals surface area contributed by atoms with E-state index < -0.39 is 0 Å². The summed E-state index contributed by atoms with van der Waals surface area (Å²) in [5.74, 6) is 0. The van der Waals surface area contributed by atoms with E-state index in [0.29, 0.717) is 0 Å². The lowest BCUT2D eigenvalue weighted by molar-refractivity contribution is 0.577. The van der Waals surface area contributed by atoms with Crippen LogP contribution in [-0.2, 0) is 12.8 Å². The second-order valence-electron chi connectivity index (χ2n) is 8.87. The maximum absolute atomic E-state index is 10.4. The molecule has 2 aliphatic rings. The number of benzene rings is 2. The average Bonchev–Trinajstić information content (AvgIpc) is 2.87. The molecule has 1 fully saturated rings. The number of nitrogens with zero attached hydrogens (tertiary/aromatic N) is 4. The Bertz CT molecular complexity index is 1410. The van der Waals surface area contributed by atoms with E-state index in [0.717, 1.165) is 69.5 Å². The Morgan fingerprint density at radius 1 is 0.939 bits per heavy atom. The summed E-state index contributed by atoms with van der Waals surface area (Å²) in [7, 11) is 0. The van der Waals surface area contributed by atoms with Gasteiger partial charge in [-0.2, -0.15) is 5.26 Å². The highest BCUT2D eigenvalue weighted by Gasteiger charge is 2.28. The van der Waals surface area contributed by atoms with Crippen LogP contribution in [0.4, 0.5) is 5.69 Å². The summed E-state index contributed by atoms with van der Waals surface area (Å²) >= 11 is 3.57. The topological polar surface area (TPSA) is 52.8 Å². The van der Waals surface area contributed by atoms with E-state index >= 15 is 0 Å². The van der Waals surface area contributed by atoms with Gasteiger partial charge in [-0.1, -0.05) is 28.1 Å². The van der Waals surface area contributed by atoms with Gasteiger partial charge >= 0.3 is 0 Å². The molecular weight excluding hydrogens is 472 g/mol. The first-order valence-electron chi connectivity index (χ1n) is 11.6. The molecule has 5 heteroatoms. The molecule has 6 rings (SSSR count). The van der Waals surface area contributed by atoms with E-state index in [-0.39, 0.29) is 0 Å². The van der Waals surface area contributed by atoms with Gasteiger partial charge in [-0.15, -0.1) is 0 Å². The van der Waals surface area contributed by atoms with Crippen LogP contribution >= 0.6 is 15.9 Å². The summed E-state index contributed by atoms with van der Waals surface area (Å²) in [5.41, 5.74) is 9.51. The summed E-state index contributed by atoms with van der Waals surface area (Å²) in [6.45, 7) is 2.00. The summed E-state index contributed by atoms with van der Waals surface area (Å²) in [4.78, 5) is 11.8. The van der Waals surface area contributed by atoms with Gasteiger partial charge in [0.15, 0.2) is 5.65 Å². The first-order valence-corrected chi connectivity index (χ1v) is 12.4. The zero-order valence-corrected chi connectivity index (χ0v) is 19.9. The van der Waals surface area contributed by atoms with E-state index in [4.69, 9.17) is 4.98 Å². The fraction of sp³-hybridized carbons (Fsp3) is 0.250. The van der Waals surface area contributed by atoms with E-state index in [9.17, 15) is 5.26 Å². The molecule has 162 valence electrons. The Hall–Kier alpha value is -3.23. The number of hydrogen-bond donors (Lipinski definition) is 0. The minimum atomic E-state index is 0.776. The molecule has 3 heterocycles. The molecule has 1 aliphatic heterocycles. The van der Waals surface area contributed by atoms with Crippen LogP contribution in [0.5, 0.6) is 0 Å². The second-order valence-corrected chi connectivity index (χ2v) is 9.79. The minimum Gasteiger partial charge on any atom is -0.370 e. The highest BCUT2D eigenvalue weighted by Crippen LogP contribution is 2.45. The average molecular weight is 495 g/mol. The molecule has 4 aromatic rings. The second kappa shape index (κ2) is 8.28. The van der Waals surface area contributed by atoms with E-state index in [1.54, 1.807) is 6.20 Å². The van der Waals surface area contributed by atoms with Crippen molar-refractivity contribution in [3.8, 4) is 28.3 Å². The molecular formula is C28H23BrN4. The third-order valence-electron chi connectivity index (χ3n) is 6.93. The van der Waals surface area contributed by atoms with Crippen molar-refractivity contribution < 1.29 is 0 Å². The number of fused-ring (bicyclic) bond motifs is 4. The van der Waals surface area contributed by atoms with Gasteiger partial charge < -0.3 is 4.90 Å². The lowest BCUT2D eigenvalue weighted by atomic mass is 9.80. The van der Waals surface area contributed by atoms with Crippen LogP contribution in [0, 0.1) is 11.3 Å². The zero-order chi connectivity index (χ0) is 22.4. The summed E-state index contributed by atoms with van der Waals surface area (Å²) < 4.78 is 1.07. The van der Waals surface area contributed by atoms with Crippen LogP contribution < -0.4 is 4.90 Å². The van der Waals surface area contributed by atoms with Crippen molar-refractivity contribution in [2.75, 3.05) is 18.0 Å². The fourth-order valence-electron chi connectivity index (χ4n) is 5.34. The van der Waals surface area contributed by atoms with Gasteiger partial charge in [0.25, 0.3) is 0 Å². The minimum absolute atomic E-state index is 0.776. The lowest BCUT2D eigenvalue weighted by Gasteiger charge is -2.33. The molecule has 0 bridgehead atoms. The van der Waals surface area contributed by atoms with Crippen molar-refractivity contribution in [2.24, 2.45) is 0 Å². The van der Waals surface area contributed by atoms with Crippen LogP contribution in [0.3, 0.4) is 0 Å². The third-order valence-corrected chi connectivity index (χ3v) is 7.46. The Morgan fingerprint density at radius 2 is 1.76 bits per heavy atom. The molecule has 33 heavy (non-hydrogen) atoms. The smallest absolute Gasteiger partial charge is 0.159 e. The molecule has 1 saturated heterocycles. The Kier molecular flexibility index (Phi) is 5.11. The fourth-order valence-corrected chi connectivity index (χ4v) is 5.61. The Morgan fingerprint density at radius 3 is 2.55 bits per heavy atom. The molecule has 0 N–H and O–H groups in total. The predicted molar refractivity (Wildman–Crippen MR) is 136 cm³/mol. The van der Waals surface area contributed by atoms with Gasteiger partial charge in [0.05, 0.1) is 16.9 Å². The molecule has 0 amide bonds. The molecule has 2 aromatic carbocycles. The normalized spacial score (nSPS) is 15.1. The maximum Gasteiger partial charge on any atom is 0.159 e. The molecule has 0 saturated carbocycles. The SMILES string of the molecule is N#Cc1c(N2CCCCC2)cc(-c2ccc(Br)cc2)c2c1-c1cc3cccnc3nc1CC2. The number of anilines is 1. The van der Waals surface area contributed by atoms with Crippen molar-refractivity contribution in [1.29, 1.82) is 5.26 Å². The van der Waals surface area contributed by atoms with Crippen LogP contribution in [0.1, 0.15) is 36.1 Å². The van der Waals surface area contributed by atoms with Gasteiger partial charge in [-0.25, -0.2) is 9.97 Å². The quantitative estimate of drug-likeness (QED) is 0.311. The number of pyridine rings is 2. The van der Waals surface area contributed by atoms with Crippen LogP contribution in [0.25, 0.3) is 33.3 Å².